The molecule has 0 fully saturated rings. The van der Waals surface area contributed by atoms with Gasteiger partial charge in [0.2, 0.25) is 11.8 Å². The molecule has 138 valence electrons. The molecule has 1 aromatic heterocycles. The normalized spacial score (nSPS) is 12.0. The van der Waals surface area contributed by atoms with Crippen molar-refractivity contribution in [1.82, 2.24) is 4.98 Å². The van der Waals surface area contributed by atoms with E-state index in [4.69, 9.17) is 10.5 Å². The van der Waals surface area contributed by atoms with E-state index in [9.17, 15) is 4.79 Å². The Morgan fingerprint density at radius 1 is 1.08 bits per heavy atom. The molecule has 0 bridgehead atoms. The Bertz CT molecular complexity index is 766. The minimum absolute atomic E-state index is 0.395. The van der Waals surface area contributed by atoms with Gasteiger partial charge in [0.15, 0.2) is 0 Å². The van der Waals surface area contributed by atoms with Crippen LogP contribution in [0.1, 0.15) is 45.4 Å². The molecule has 1 amide bonds. The second kappa shape index (κ2) is 11.1. The number of allylic oxidation sites excluding steroid dienone is 3. The van der Waals surface area contributed by atoms with Crippen molar-refractivity contribution in [1.29, 1.82) is 0 Å². The average Bonchev–Trinajstić information content (AvgIpc) is 2.62. The van der Waals surface area contributed by atoms with Crippen molar-refractivity contribution in [2.45, 2.75) is 45.4 Å². The number of benzene rings is 1. The highest BCUT2D eigenvalue weighted by atomic mass is 16.5. The summed E-state index contributed by atoms with van der Waals surface area (Å²) in [5, 5.41) is 1.13. The first kappa shape index (κ1) is 19.7. The summed E-state index contributed by atoms with van der Waals surface area (Å²) in [4.78, 5) is 15.2. The highest BCUT2D eigenvalue weighted by Crippen LogP contribution is 2.16. The SMILES string of the molecule is CC(C=CCCCCCCCOc1ccc2ccccc2n1)=CC(N)=O. The molecule has 0 spiro atoms. The largest absolute Gasteiger partial charge is 0.478 e. The van der Waals surface area contributed by atoms with Crippen molar-refractivity contribution >= 4 is 16.8 Å². The van der Waals surface area contributed by atoms with Crippen LogP contribution in [0.3, 0.4) is 0 Å². The van der Waals surface area contributed by atoms with E-state index in [2.05, 4.69) is 17.1 Å². The number of primary amides is 1. The van der Waals surface area contributed by atoms with Crippen LogP contribution < -0.4 is 10.5 Å². The molecular weight excluding hydrogens is 324 g/mol. The van der Waals surface area contributed by atoms with Crippen molar-refractivity contribution in [3.8, 4) is 5.88 Å². The summed E-state index contributed by atoms with van der Waals surface area (Å²) < 4.78 is 5.75. The number of carbonyl (C=O) groups excluding carboxylic acids is 1. The van der Waals surface area contributed by atoms with E-state index in [0.29, 0.717) is 12.5 Å². The number of pyridine rings is 1. The molecule has 4 nitrogen and oxygen atoms in total. The Morgan fingerprint density at radius 3 is 2.69 bits per heavy atom. The lowest BCUT2D eigenvalue weighted by atomic mass is 10.1. The van der Waals surface area contributed by atoms with Crippen molar-refractivity contribution < 1.29 is 9.53 Å². The van der Waals surface area contributed by atoms with Crippen molar-refractivity contribution in [3.05, 3.63) is 60.2 Å². The van der Waals surface area contributed by atoms with Crippen molar-refractivity contribution in [3.63, 3.8) is 0 Å². The van der Waals surface area contributed by atoms with E-state index < -0.39 is 5.91 Å². The van der Waals surface area contributed by atoms with Gasteiger partial charge >= 0.3 is 0 Å². The van der Waals surface area contributed by atoms with E-state index >= 15 is 0 Å². The van der Waals surface area contributed by atoms with Gasteiger partial charge in [0.1, 0.15) is 0 Å². The van der Waals surface area contributed by atoms with Crippen molar-refractivity contribution in [2.75, 3.05) is 6.61 Å². The first-order valence-corrected chi connectivity index (χ1v) is 9.28. The minimum Gasteiger partial charge on any atom is -0.478 e. The second-order valence-electron chi connectivity index (χ2n) is 6.44. The van der Waals surface area contributed by atoms with Crippen LogP contribution in [0, 0.1) is 0 Å². The van der Waals surface area contributed by atoms with Crippen LogP contribution in [0.4, 0.5) is 0 Å². The molecule has 1 heterocycles. The molecular formula is C22H28N2O2. The number of rotatable bonds is 11. The molecule has 1 aromatic carbocycles. The standard InChI is InChI=1S/C22H28N2O2/c1-18(17-21(23)25)11-7-5-3-2-4-6-10-16-26-22-15-14-19-12-8-9-13-20(19)24-22/h7-9,11-15,17H,2-6,10,16H2,1H3,(H2,23,25). The fourth-order valence-electron chi connectivity index (χ4n) is 2.74. The fourth-order valence-corrected chi connectivity index (χ4v) is 2.74. The Balaban J connectivity index is 1.52. The number of aromatic nitrogens is 1. The van der Waals surface area contributed by atoms with Gasteiger partial charge in [0.05, 0.1) is 12.1 Å². The lowest BCUT2D eigenvalue weighted by molar-refractivity contribution is -0.113. The maximum absolute atomic E-state index is 10.7. The van der Waals surface area contributed by atoms with Gasteiger partial charge in [0, 0.05) is 17.5 Å². The summed E-state index contributed by atoms with van der Waals surface area (Å²) in [6.07, 6.45) is 12.3. The molecule has 0 radical (unpaired) electrons. The molecule has 0 aliphatic carbocycles. The quantitative estimate of drug-likeness (QED) is 0.354. The minimum atomic E-state index is -0.395. The zero-order valence-corrected chi connectivity index (χ0v) is 15.5. The van der Waals surface area contributed by atoms with E-state index in [-0.39, 0.29) is 0 Å². The molecule has 0 unspecified atom stereocenters. The van der Waals surface area contributed by atoms with Crippen LogP contribution >= 0.6 is 0 Å². The molecule has 4 heteroatoms. The summed E-state index contributed by atoms with van der Waals surface area (Å²) in [7, 11) is 0. The fraction of sp³-hybridized carbons (Fsp3) is 0.364. The number of ether oxygens (including phenoxy) is 1. The van der Waals surface area contributed by atoms with Crippen molar-refractivity contribution in [2.24, 2.45) is 5.73 Å². The number of carbonyl (C=O) groups is 1. The third-order valence-electron chi connectivity index (χ3n) is 4.09. The molecule has 2 aromatic rings. The third kappa shape index (κ3) is 7.51. The van der Waals surface area contributed by atoms with Gasteiger partial charge in [-0.15, -0.1) is 0 Å². The van der Waals surface area contributed by atoms with Crippen LogP contribution in [0.5, 0.6) is 5.88 Å². The van der Waals surface area contributed by atoms with Gasteiger partial charge in [0.25, 0.3) is 0 Å². The van der Waals surface area contributed by atoms with Crippen LogP contribution in [0.15, 0.2) is 60.2 Å². The topological polar surface area (TPSA) is 65.2 Å². The van der Waals surface area contributed by atoms with E-state index in [1.807, 2.05) is 43.3 Å². The van der Waals surface area contributed by atoms with Crippen LogP contribution in [0.2, 0.25) is 0 Å². The predicted octanol–water partition coefficient (Wildman–Crippen LogP) is 4.94. The highest BCUT2D eigenvalue weighted by molar-refractivity contribution is 5.86. The monoisotopic (exact) mass is 352 g/mol. The van der Waals surface area contributed by atoms with E-state index in [0.717, 1.165) is 42.2 Å². The molecule has 0 saturated carbocycles. The maximum Gasteiger partial charge on any atom is 0.241 e. The molecule has 0 saturated heterocycles. The smallest absolute Gasteiger partial charge is 0.241 e. The molecule has 26 heavy (non-hydrogen) atoms. The van der Waals surface area contributed by atoms with Gasteiger partial charge in [-0.25, -0.2) is 4.98 Å². The number of fused-ring (bicyclic) bond motifs is 1. The summed E-state index contributed by atoms with van der Waals surface area (Å²) >= 11 is 0. The van der Waals surface area contributed by atoms with Crippen LogP contribution in [0.25, 0.3) is 10.9 Å². The molecule has 2 N–H and O–H groups in total. The average molecular weight is 352 g/mol. The number of nitrogens with zero attached hydrogens (tertiary/aromatic N) is 1. The van der Waals surface area contributed by atoms with Crippen LogP contribution in [-0.4, -0.2) is 17.5 Å². The Labute approximate surface area is 155 Å². The number of unbranched alkanes of at least 4 members (excludes halogenated alkanes) is 5. The van der Waals surface area contributed by atoms with Gasteiger partial charge in [-0.2, -0.15) is 0 Å². The van der Waals surface area contributed by atoms with Gasteiger partial charge in [-0.05, 0) is 43.9 Å². The van der Waals surface area contributed by atoms with Crippen LogP contribution in [-0.2, 0) is 4.79 Å². The molecule has 0 aliphatic heterocycles. The number of nitrogens with two attached hydrogens (primary N) is 1. The molecule has 2 rings (SSSR count). The number of amides is 1. The van der Waals surface area contributed by atoms with E-state index in [1.165, 1.54) is 18.9 Å². The molecule has 0 atom stereocenters. The predicted molar refractivity (Wildman–Crippen MR) is 107 cm³/mol. The summed E-state index contributed by atoms with van der Waals surface area (Å²) in [5.41, 5.74) is 6.97. The molecule has 0 aliphatic rings. The lowest BCUT2D eigenvalue weighted by Crippen LogP contribution is -2.06. The number of para-hydroxylation sites is 1. The van der Waals surface area contributed by atoms with Gasteiger partial charge < -0.3 is 10.5 Å². The van der Waals surface area contributed by atoms with Gasteiger partial charge in [-0.1, -0.05) is 49.6 Å². The van der Waals surface area contributed by atoms with E-state index in [1.54, 1.807) is 0 Å². The summed E-state index contributed by atoms with van der Waals surface area (Å²) in [6.45, 7) is 2.59. The number of hydrogen-bond donors (Lipinski definition) is 1. The maximum atomic E-state index is 10.7. The Kier molecular flexibility index (Phi) is 8.40. The first-order chi connectivity index (χ1) is 12.6. The van der Waals surface area contributed by atoms with Gasteiger partial charge in [-0.3, -0.25) is 4.79 Å². The first-order valence-electron chi connectivity index (χ1n) is 9.28. The summed E-state index contributed by atoms with van der Waals surface area (Å²) in [5.74, 6) is 0.307. The zero-order valence-electron chi connectivity index (χ0n) is 15.5. The second-order valence-corrected chi connectivity index (χ2v) is 6.44. The Hall–Kier alpha value is -2.62. The number of hydrogen-bond acceptors (Lipinski definition) is 3. The Morgan fingerprint density at radius 2 is 1.85 bits per heavy atom. The zero-order chi connectivity index (χ0) is 18.6. The third-order valence-corrected chi connectivity index (χ3v) is 4.09. The highest BCUT2D eigenvalue weighted by Gasteiger charge is 1.98. The lowest BCUT2D eigenvalue weighted by Gasteiger charge is -2.06. The summed E-state index contributed by atoms with van der Waals surface area (Å²) in [6, 6.07) is 12.0.